The molecular formula is C10H10BrN5. The highest BCUT2D eigenvalue weighted by molar-refractivity contribution is 9.10. The number of halogens is 1. The number of rotatable bonds is 2. The van der Waals surface area contributed by atoms with Gasteiger partial charge in [0.05, 0.1) is 6.04 Å². The molecule has 6 heteroatoms. The molecule has 0 amide bonds. The Morgan fingerprint density at radius 3 is 2.94 bits per heavy atom. The number of tetrazole rings is 1. The monoisotopic (exact) mass is 279 g/mol. The van der Waals surface area contributed by atoms with Gasteiger partial charge in [-0.2, -0.15) is 0 Å². The summed E-state index contributed by atoms with van der Waals surface area (Å²) < 4.78 is 2.83. The zero-order valence-corrected chi connectivity index (χ0v) is 10.1. The molecule has 0 aliphatic heterocycles. The molecule has 1 fully saturated rings. The predicted molar refractivity (Wildman–Crippen MR) is 63.6 cm³/mol. The summed E-state index contributed by atoms with van der Waals surface area (Å²) in [5.74, 6) is 0.779. The lowest BCUT2D eigenvalue weighted by Gasteiger charge is -2.05. The van der Waals surface area contributed by atoms with Gasteiger partial charge in [0, 0.05) is 15.7 Å². The van der Waals surface area contributed by atoms with Gasteiger partial charge in [-0.1, -0.05) is 15.9 Å². The maximum Gasteiger partial charge on any atom is 0.183 e. The molecule has 0 saturated heterocycles. The second-order valence-corrected chi connectivity index (χ2v) is 4.77. The quantitative estimate of drug-likeness (QED) is 0.854. The molecule has 1 aliphatic rings. The lowest BCUT2D eigenvalue weighted by molar-refractivity contribution is 0.615. The average Bonchev–Trinajstić information content (AvgIpc) is 3.01. The van der Waals surface area contributed by atoms with Crippen LogP contribution < -0.4 is 5.73 Å². The molecule has 0 radical (unpaired) electrons. The Labute approximate surface area is 101 Å². The van der Waals surface area contributed by atoms with Crippen LogP contribution >= 0.6 is 15.9 Å². The van der Waals surface area contributed by atoms with E-state index in [1.165, 1.54) is 0 Å². The van der Waals surface area contributed by atoms with Gasteiger partial charge in [0.25, 0.3) is 0 Å². The fraction of sp³-hybridized carbons (Fsp3) is 0.300. The molecule has 1 aromatic carbocycles. The SMILES string of the molecule is Nc1ccc(Br)c(-c2nnnn2C2CC2)c1. The molecule has 1 aromatic heterocycles. The van der Waals surface area contributed by atoms with Gasteiger partial charge in [0.15, 0.2) is 5.82 Å². The summed E-state index contributed by atoms with van der Waals surface area (Å²) in [5.41, 5.74) is 7.43. The molecule has 0 atom stereocenters. The minimum absolute atomic E-state index is 0.457. The van der Waals surface area contributed by atoms with E-state index in [2.05, 4.69) is 31.5 Å². The number of nitrogens with two attached hydrogens (primary N) is 1. The van der Waals surface area contributed by atoms with Gasteiger partial charge in [0.2, 0.25) is 0 Å². The summed E-state index contributed by atoms with van der Waals surface area (Å²) in [6.45, 7) is 0. The van der Waals surface area contributed by atoms with Gasteiger partial charge in [-0.15, -0.1) is 5.10 Å². The number of benzene rings is 1. The Bertz CT molecular complexity index is 532. The molecule has 16 heavy (non-hydrogen) atoms. The average molecular weight is 280 g/mol. The first-order chi connectivity index (χ1) is 7.75. The van der Waals surface area contributed by atoms with E-state index in [1.807, 2.05) is 22.9 Å². The van der Waals surface area contributed by atoms with E-state index in [1.54, 1.807) is 0 Å². The highest BCUT2D eigenvalue weighted by Crippen LogP contribution is 2.38. The van der Waals surface area contributed by atoms with Gasteiger partial charge in [-0.25, -0.2) is 4.68 Å². The van der Waals surface area contributed by atoms with Gasteiger partial charge in [-0.05, 0) is 41.5 Å². The Morgan fingerprint density at radius 2 is 2.19 bits per heavy atom. The predicted octanol–water partition coefficient (Wildman–Crippen LogP) is 2.02. The molecule has 1 saturated carbocycles. The zero-order valence-electron chi connectivity index (χ0n) is 8.47. The van der Waals surface area contributed by atoms with Gasteiger partial charge < -0.3 is 5.73 Å². The fourth-order valence-electron chi connectivity index (χ4n) is 1.65. The van der Waals surface area contributed by atoms with Crippen molar-refractivity contribution in [3.63, 3.8) is 0 Å². The molecule has 2 aromatic rings. The van der Waals surface area contributed by atoms with E-state index < -0.39 is 0 Å². The summed E-state index contributed by atoms with van der Waals surface area (Å²) in [6, 6.07) is 6.10. The third-order valence-electron chi connectivity index (χ3n) is 2.62. The molecule has 1 aliphatic carbocycles. The summed E-state index contributed by atoms with van der Waals surface area (Å²) in [6.07, 6.45) is 2.30. The smallest absolute Gasteiger partial charge is 0.183 e. The van der Waals surface area contributed by atoms with Crippen LogP contribution in [0.2, 0.25) is 0 Å². The van der Waals surface area contributed by atoms with E-state index in [4.69, 9.17) is 5.73 Å². The van der Waals surface area contributed by atoms with Crippen molar-refractivity contribution < 1.29 is 0 Å². The highest BCUT2D eigenvalue weighted by Gasteiger charge is 2.28. The topological polar surface area (TPSA) is 69.6 Å². The van der Waals surface area contributed by atoms with E-state index in [-0.39, 0.29) is 0 Å². The lowest BCUT2D eigenvalue weighted by Crippen LogP contribution is -2.00. The van der Waals surface area contributed by atoms with Crippen molar-refractivity contribution in [1.29, 1.82) is 0 Å². The van der Waals surface area contributed by atoms with Gasteiger partial charge in [0.1, 0.15) is 0 Å². The number of nitrogen functional groups attached to an aromatic ring is 1. The lowest BCUT2D eigenvalue weighted by atomic mass is 10.2. The molecule has 5 nitrogen and oxygen atoms in total. The Morgan fingerprint density at radius 1 is 1.38 bits per heavy atom. The number of aromatic nitrogens is 4. The maximum absolute atomic E-state index is 5.78. The zero-order chi connectivity index (χ0) is 11.1. The summed E-state index contributed by atoms with van der Waals surface area (Å²) in [7, 11) is 0. The first kappa shape index (κ1) is 9.77. The first-order valence-electron chi connectivity index (χ1n) is 5.09. The van der Waals surface area contributed by atoms with Gasteiger partial charge >= 0.3 is 0 Å². The van der Waals surface area contributed by atoms with Crippen LogP contribution in [0.25, 0.3) is 11.4 Å². The number of hydrogen-bond acceptors (Lipinski definition) is 4. The van der Waals surface area contributed by atoms with Gasteiger partial charge in [-0.3, -0.25) is 0 Å². The van der Waals surface area contributed by atoms with Crippen LogP contribution in [0, 0.1) is 0 Å². The van der Waals surface area contributed by atoms with E-state index in [0.717, 1.165) is 28.7 Å². The molecule has 0 unspecified atom stereocenters. The third-order valence-corrected chi connectivity index (χ3v) is 3.31. The van der Waals surface area contributed by atoms with Crippen molar-refractivity contribution in [3.05, 3.63) is 22.7 Å². The van der Waals surface area contributed by atoms with Crippen molar-refractivity contribution in [3.8, 4) is 11.4 Å². The number of nitrogens with zero attached hydrogens (tertiary/aromatic N) is 4. The van der Waals surface area contributed by atoms with E-state index in [0.29, 0.717) is 11.7 Å². The molecule has 2 N–H and O–H groups in total. The van der Waals surface area contributed by atoms with E-state index >= 15 is 0 Å². The van der Waals surface area contributed by atoms with Crippen molar-refractivity contribution in [2.75, 3.05) is 5.73 Å². The first-order valence-corrected chi connectivity index (χ1v) is 5.88. The Hall–Kier alpha value is -1.43. The summed E-state index contributed by atoms with van der Waals surface area (Å²) in [4.78, 5) is 0. The number of anilines is 1. The van der Waals surface area contributed by atoms with Crippen LogP contribution in [0.15, 0.2) is 22.7 Å². The van der Waals surface area contributed by atoms with Crippen LogP contribution in [0.5, 0.6) is 0 Å². The second kappa shape index (κ2) is 3.55. The summed E-state index contributed by atoms with van der Waals surface area (Å²) in [5, 5.41) is 11.8. The third kappa shape index (κ3) is 1.59. The van der Waals surface area contributed by atoms with Crippen LogP contribution in [-0.2, 0) is 0 Å². The molecule has 0 bridgehead atoms. The van der Waals surface area contributed by atoms with E-state index in [9.17, 15) is 0 Å². The molecule has 3 rings (SSSR count). The van der Waals surface area contributed by atoms with Crippen LogP contribution in [-0.4, -0.2) is 20.2 Å². The molecular weight excluding hydrogens is 270 g/mol. The highest BCUT2D eigenvalue weighted by atomic mass is 79.9. The van der Waals surface area contributed by atoms with Crippen molar-refractivity contribution in [1.82, 2.24) is 20.2 Å². The number of hydrogen-bond donors (Lipinski definition) is 1. The van der Waals surface area contributed by atoms with Crippen LogP contribution in [0.4, 0.5) is 5.69 Å². The van der Waals surface area contributed by atoms with Crippen LogP contribution in [0.1, 0.15) is 18.9 Å². The largest absolute Gasteiger partial charge is 0.399 e. The standard InChI is InChI=1S/C10H10BrN5/c11-9-4-1-6(12)5-8(9)10-13-14-15-16(10)7-2-3-7/h1,4-5,7H,2-3,12H2. The van der Waals surface area contributed by atoms with Crippen molar-refractivity contribution in [2.45, 2.75) is 18.9 Å². The molecule has 1 heterocycles. The second-order valence-electron chi connectivity index (χ2n) is 3.92. The van der Waals surface area contributed by atoms with Crippen molar-refractivity contribution in [2.24, 2.45) is 0 Å². The Kier molecular flexibility index (Phi) is 2.17. The minimum Gasteiger partial charge on any atom is -0.399 e. The molecule has 82 valence electrons. The fourth-order valence-corrected chi connectivity index (χ4v) is 2.07. The van der Waals surface area contributed by atoms with Crippen LogP contribution in [0.3, 0.4) is 0 Å². The molecule has 0 spiro atoms. The minimum atomic E-state index is 0.457. The Balaban J connectivity index is 2.13. The normalized spacial score (nSPS) is 15.3. The maximum atomic E-state index is 5.78. The summed E-state index contributed by atoms with van der Waals surface area (Å²) >= 11 is 3.49. The van der Waals surface area contributed by atoms with Crippen molar-refractivity contribution >= 4 is 21.6 Å².